The summed E-state index contributed by atoms with van der Waals surface area (Å²) in [6, 6.07) is 0. The Kier molecular flexibility index (Phi) is 13.3. The third kappa shape index (κ3) is 13.1. The van der Waals surface area contributed by atoms with Crippen molar-refractivity contribution in [2.24, 2.45) is 4.99 Å². The van der Waals surface area contributed by atoms with E-state index in [1.165, 1.54) is 0 Å². The number of aliphatic imine (C=N–C) groups is 1. The van der Waals surface area contributed by atoms with Crippen LogP contribution < -0.4 is 16.0 Å². The van der Waals surface area contributed by atoms with Gasteiger partial charge in [0.25, 0.3) is 0 Å². The van der Waals surface area contributed by atoms with Crippen molar-refractivity contribution in [3.63, 3.8) is 0 Å². The van der Waals surface area contributed by atoms with Gasteiger partial charge in [0.2, 0.25) is 5.91 Å². The summed E-state index contributed by atoms with van der Waals surface area (Å²) in [6.07, 6.45) is 4.36. The number of halogens is 1. The van der Waals surface area contributed by atoms with E-state index in [0.717, 1.165) is 51.9 Å². The lowest BCUT2D eigenvalue weighted by Gasteiger charge is -2.27. The molecule has 2 amide bonds. The molecule has 8 nitrogen and oxygen atoms in total. The van der Waals surface area contributed by atoms with E-state index in [0.29, 0.717) is 18.9 Å². The number of carbonyl (C=O) groups excluding carboxylic acids is 2. The Balaban J connectivity index is 0.00000841. The number of guanidine groups is 1. The Morgan fingerprint density at radius 3 is 2.47 bits per heavy atom. The van der Waals surface area contributed by atoms with Crippen LogP contribution in [-0.2, 0) is 9.53 Å². The lowest BCUT2D eigenvalue weighted by Crippen LogP contribution is -2.49. The molecule has 0 spiro atoms. The van der Waals surface area contributed by atoms with Gasteiger partial charge in [-0.05, 0) is 60.8 Å². The Morgan fingerprint density at radius 2 is 1.83 bits per heavy atom. The van der Waals surface area contributed by atoms with Crippen LogP contribution in [0.3, 0.4) is 0 Å². The lowest BCUT2D eigenvalue weighted by atomic mass is 10.1. The normalized spacial score (nSPS) is 15.7. The van der Waals surface area contributed by atoms with Gasteiger partial charge in [-0.25, -0.2) is 4.79 Å². The third-order valence-corrected chi connectivity index (χ3v) is 4.38. The van der Waals surface area contributed by atoms with Crippen molar-refractivity contribution < 1.29 is 14.3 Å². The van der Waals surface area contributed by atoms with Crippen molar-refractivity contribution in [3.8, 4) is 0 Å². The topological polar surface area (TPSA) is 95.1 Å². The number of likely N-dealkylation sites (tertiary alicyclic amines) is 1. The van der Waals surface area contributed by atoms with Gasteiger partial charge in [-0.15, -0.1) is 24.0 Å². The SMILES string of the molecule is CCNC(=NCC(C)(C)NC(=O)OC(C)(C)C)NCCCN1CCCCCC1=O.I. The van der Waals surface area contributed by atoms with Crippen LogP contribution in [0.2, 0.25) is 0 Å². The van der Waals surface area contributed by atoms with E-state index in [2.05, 4.69) is 20.9 Å². The molecular weight excluding hydrogens is 497 g/mol. The zero-order chi connectivity index (χ0) is 21.9. The molecule has 1 aliphatic heterocycles. The van der Waals surface area contributed by atoms with Gasteiger partial charge in [-0.2, -0.15) is 0 Å². The fourth-order valence-electron chi connectivity index (χ4n) is 2.99. The quantitative estimate of drug-likeness (QED) is 0.191. The number of alkyl carbamates (subject to hydrolysis) is 1. The van der Waals surface area contributed by atoms with Crippen molar-refractivity contribution >= 4 is 41.9 Å². The largest absolute Gasteiger partial charge is 0.444 e. The molecule has 1 heterocycles. The molecule has 1 saturated heterocycles. The average molecular weight is 540 g/mol. The maximum absolute atomic E-state index is 12.1. The molecule has 1 rings (SSSR count). The highest BCUT2D eigenvalue weighted by Crippen LogP contribution is 2.11. The molecule has 0 aliphatic carbocycles. The predicted octanol–water partition coefficient (Wildman–Crippen LogP) is 3.26. The number of hydrogen-bond acceptors (Lipinski definition) is 4. The summed E-state index contributed by atoms with van der Waals surface area (Å²) in [5.74, 6) is 0.979. The summed E-state index contributed by atoms with van der Waals surface area (Å²) in [6.45, 7) is 14.9. The fourth-order valence-corrected chi connectivity index (χ4v) is 2.99. The number of carbonyl (C=O) groups is 2. The number of rotatable bonds is 8. The summed E-state index contributed by atoms with van der Waals surface area (Å²) in [5.41, 5.74) is -1.07. The van der Waals surface area contributed by atoms with Crippen LogP contribution in [-0.4, -0.2) is 66.7 Å². The maximum Gasteiger partial charge on any atom is 0.408 e. The maximum atomic E-state index is 12.1. The second kappa shape index (κ2) is 13.9. The lowest BCUT2D eigenvalue weighted by molar-refractivity contribution is -0.130. The molecule has 9 heteroatoms. The monoisotopic (exact) mass is 539 g/mol. The molecule has 176 valence electrons. The van der Waals surface area contributed by atoms with Crippen LogP contribution in [0, 0.1) is 0 Å². The Labute approximate surface area is 199 Å². The van der Waals surface area contributed by atoms with Gasteiger partial charge in [-0.3, -0.25) is 9.79 Å². The molecular formula is C21H42IN5O3. The molecule has 30 heavy (non-hydrogen) atoms. The zero-order valence-corrected chi connectivity index (χ0v) is 21.9. The standard InChI is InChI=1S/C21H41N5O3.HI/c1-7-22-18(23-13-11-15-26-14-10-8-9-12-17(26)27)24-16-21(5,6)25-19(28)29-20(2,3)4;/h7-16H2,1-6H3,(H,25,28)(H2,22,23,24);1H. The van der Waals surface area contributed by atoms with Gasteiger partial charge < -0.3 is 25.6 Å². The van der Waals surface area contributed by atoms with Gasteiger partial charge in [0, 0.05) is 32.6 Å². The van der Waals surface area contributed by atoms with Gasteiger partial charge in [0.05, 0.1) is 12.1 Å². The minimum Gasteiger partial charge on any atom is -0.444 e. The Morgan fingerprint density at radius 1 is 1.13 bits per heavy atom. The van der Waals surface area contributed by atoms with Crippen LogP contribution in [0.5, 0.6) is 0 Å². The highest BCUT2D eigenvalue weighted by atomic mass is 127. The average Bonchev–Trinajstić information content (AvgIpc) is 2.78. The first-order valence-electron chi connectivity index (χ1n) is 10.8. The van der Waals surface area contributed by atoms with Crippen molar-refractivity contribution in [1.29, 1.82) is 0 Å². The molecule has 0 unspecified atom stereocenters. The number of nitrogens with zero attached hydrogens (tertiary/aromatic N) is 2. The molecule has 1 fully saturated rings. The van der Waals surface area contributed by atoms with Crippen LogP contribution in [0.1, 0.15) is 73.6 Å². The number of amides is 2. The van der Waals surface area contributed by atoms with Crippen LogP contribution in [0.4, 0.5) is 4.79 Å². The first-order chi connectivity index (χ1) is 13.5. The predicted molar refractivity (Wildman–Crippen MR) is 133 cm³/mol. The minimum absolute atomic E-state index is 0. The first kappa shape index (κ1) is 28.7. The van der Waals surface area contributed by atoms with Crippen LogP contribution in [0.15, 0.2) is 4.99 Å². The molecule has 0 saturated carbocycles. The van der Waals surface area contributed by atoms with E-state index in [1.807, 2.05) is 46.4 Å². The smallest absolute Gasteiger partial charge is 0.408 e. The molecule has 0 aromatic heterocycles. The summed E-state index contributed by atoms with van der Waals surface area (Å²) in [4.78, 5) is 30.6. The van der Waals surface area contributed by atoms with E-state index in [4.69, 9.17) is 4.74 Å². The summed E-state index contributed by atoms with van der Waals surface area (Å²) in [7, 11) is 0. The van der Waals surface area contributed by atoms with Crippen LogP contribution >= 0.6 is 24.0 Å². The van der Waals surface area contributed by atoms with Crippen molar-refractivity contribution in [3.05, 3.63) is 0 Å². The molecule has 1 aliphatic rings. The Hall–Kier alpha value is -1.26. The van der Waals surface area contributed by atoms with Gasteiger partial charge in [-0.1, -0.05) is 6.42 Å². The number of nitrogens with one attached hydrogen (secondary N) is 3. The molecule has 0 radical (unpaired) electrons. The molecule has 3 N–H and O–H groups in total. The van der Waals surface area contributed by atoms with E-state index in [1.54, 1.807) is 0 Å². The fraction of sp³-hybridized carbons (Fsp3) is 0.857. The van der Waals surface area contributed by atoms with E-state index in [-0.39, 0.29) is 29.9 Å². The molecule has 0 atom stereocenters. The molecule has 0 bridgehead atoms. The van der Waals surface area contributed by atoms with Gasteiger partial charge in [0.1, 0.15) is 5.60 Å². The number of ether oxygens (including phenoxy) is 1. The highest BCUT2D eigenvalue weighted by Gasteiger charge is 2.24. The number of hydrogen-bond donors (Lipinski definition) is 3. The summed E-state index contributed by atoms with van der Waals surface area (Å²) >= 11 is 0. The van der Waals surface area contributed by atoms with E-state index >= 15 is 0 Å². The van der Waals surface area contributed by atoms with Crippen molar-refractivity contribution in [2.45, 2.75) is 84.8 Å². The zero-order valence-electron chi connectivity index (χ0n) is 19.6. The van der Waals surface area contributed by atoms with Crippen molar-refractivity contribution in [2.75, 3.05) is 32.7 Å². The summed E-state index contributed by atoms with van der Waals surface area (Å²) < 4.78 is 5.32. The summed E-state index contributed by atoms with van der Waals surface area (Å²) in [5, 5.41) is 9.39. The molecule has 0 aromatic rings. The minimum atomic E-state index is -0.539. The van der Waals surface area contributed by atoms with Gasteiger partial charge in [0.15, 0.2) is 5.96 Å². The highest BCUT2D eigenvalue weighted by molar-refractivity contribution is 14.0. The van der Waals surface area contributed by atoms with E-state index in [9.17, 15) is 9.59 Å². The van der Waals surface area contributed by atoms with E-state index < -0.39 is 17.2 Å². The second-order valence-corrected chi connectivity index (χ2v) is 9.18. The third-order valence-electron chi connectivity index (χ3n) is 4.38. The van der Waals surface area contributed by atoms with Crippen LogP contribution in [0.25, 0.3) is 0 Å². The van der Waals surface area contributed by atoms with Crippen molar-refractivity contribution in [1.82, 2.24) is 20.9 Å². The Bertz CT molecular complexity index is 561. The first-order valence-corrected chi connectivity index (χ1v) is 10.8. The molecule has 0 aromatic carbocycles. The second-order valence-electron chi connectivity index (χ2n) is 9.18. The van der Waals surface area contributed by atoms with Gasteiger partial charge >= 0.3 is 6.09 Å².